The van der Waals surface area contributed by atoms with E-state index in [9.17, 15) is 4.39 Å². The van der Waals surface area contributed by atoms with Crippen LogP contribution in [0.2, 0.25) is 0 Å². The van der Waals surface area contributed by atoms with Crippen LogP contribution in [0.25, 0.3) is 56.1 Å². The SMILES string of the molecule is CNC1CN(c2cncc(-c3cc4c(-c5nc6c(-c7ccc(F)cc7)nccc6[nH]5)n[nH]c4cn3)n2)C1. The Kier molecular flexibility index (Phi) is 4.89. The van der Waals surface area contributed by atoms with Crippen LogP contribution in [0.5, 0.6) is 0 Å². The van der Waals surface area contributed by atoms with Gasteiger partial charge in [0.2, 0.25) is 0 Å². The highest BCUT2D eigenvalue weighted by Crippen LogP contribution is 2.31. The van der Waals surface area contributed by atoms with Crippen molar-refractivity contribution in [1.29, 1.82) is 0 Å². The summed E-state index contributed by atoms with van der Waals surface area (Å²) in [6, 6.07) is 10.5. The van der Waals surface area contributed by atoms with Crippen LogP contribution in [-0.2, 0) is 0 Å². The highest BCUT2D eigenvalue weighted by atomic mass is 19.1. The molecule has 1 aliphatic heterocycles. The molecule has 37 heavy (non-hydrogen) atoms. The van der Waals surface area contributed by atoms with E-state index in [0.717, 1.165) is 40.9 Å². The van der Waals surface area contributed by atoms with Gasteiger partial charge in [-0.25, -0.2) is 14.4 Å². The van der Waals surface area contributed by atoms with Crippen molar-refractivity contribution in [3.63, 3.8) is 0 Å². The van der Waals surface area contributed by atoms with Gasteiger partial charge in [0.25, 0.3) is 0 Å². The number of halogens is 1. The second kappa shape index (κ2) is 8.42. The summed E-state index contributed by atoms with van der Waals surface area (Å²) in [5.41, 5.74) is 5.76. The van der Waals surface area contributed by atoms with Gasteiger partial charge in [-0.1, -0.05) is 0 Å². The molecular weight excluding hydrogens is 471 g/mol. The molecule has 0 saturated carbocycles. The molecule has 0 spiro atoms. The zero-order valence-electron chi connectivity index (χ0n) is 19.8. The number of imidazole rings is 1. The first-order chi connectivity index (χ1) is 18.2. The van der Waals surface area contributed by atoms with Crippen molar-refractivity contribution < 1.29 is 4.39 Å². The van der Waals surface area contributed by atoms with E-state index in [4.69, 9.17) is 9.97 Å². The summed E-state index contributed by atoms with van der Waals surface area (Å²) in [4.78, 5) is 28.6. The minimum Gasteiger partial charge on any atom is -0.352 e. The Hall–Kier alpha value is -4.77. The summed E-state index contributed by atoms with van der Waals surface area (Å²) in [6.45, 7) is 1.79. The Labute approximate surface area is 210 Å². The van der Waals surface area contributed by atoms with E-state index < -0.39 is 0 Å². The molecular formula is C26H21FN10. The summed E-state index contributed by atoms with van der Waals surface area (Å²) in [6.07, 6.45) is 6.94. The van der Waals surface area contributed by atoms with E-state index in [1.165, 1.54) is 12.1 Å². The average Bonchev–Trinajstić information content (AvgIpc) is 3.52. The Morgan fingerprint density at radius 2 is 1.81 bits per heavy atom. The first kappa shape index (κ1) is 21.5. The summed E-state index contributed by atoms with van der Waals surface area (Å²) in [5.74, 6) is 1.12. The Bertz CT molecular complexity index is 1750. The van der Waals surface area contributed by atoms with Gasteiger partial charge in [-0.15, -0.1) is 0 Å². The van der Waals surface area contributed by atoms with E-state index in [0.29, 0.717) is 40.2 Å². The van der Waals surface area contributed by atoms with Crippen LogP contribution < -0.4 is 10.2 Å². The number of benzene rings is 1. The number of anilines is 1. The number of aromatic amines is 2. The molecule has 182 valence electrons. The van der Waals surface area contributed by atoms with Crippen LogP contribution >= 0.6 is 0 Å². The largest absolute Gasteiger partial charge is 0.352 e. The molecule has 3 N–H and O–H groups in total. The van der Waals surface area contributed by atoms with Crippen LogP contribution in [0.4, 0.5) is 10.2 Å². The van der Waals surface area contributed by atoms with E-state index in [1.54, 1.807) is 36.9 Å². The fourth-order valence-corrected chi connectivity index (χ4v) is 4.58. The number of hydrogen-bond acceptors (Lipinski definition) is 8. The molecule has 0 unspecified atom stereocenters. The number of nitrogens with one attached hydrogen (secondary N) is 3. The molecule has 5 aromatic heterocycles. The van der Waals surface area contributed by atoms with Gasteiger partial charge in [-0.05, 0) is 43.4 Å². The molecule has 0 atom stereocenters. The van der Waals surface area contributed by atoms with Crippen LogP contribution in [0.15, 0.2) is 61.2 Å². The number of nitrogens with zero attached hydrogens (tertiary/aromatic N) is 7. The normalized spacial score (nSPS) is 13.9. The van der Waals surface area contributed by atoms with Crippen molar-refractivity contribution in [3.05, 3.63) is 67.0 Å². The summed E-state index contributed by atoms with van der Waals surface area (Å²) >= 11 is 0. The molecule has 0 bridgehead atoms. The molecule has 0 radical (unpaired) electrons. The number of likely N-dealkylation sites (N-methyl/N-ethyl adjacent to an activating group) is 1. The number of pyridine rings is 2. The fraction of sp³-hybridized carbons (Fsp3) is 0.154. The Balaban J connectivity index is 1.28. The predicted octanol–water partition coefficient (Wildman–Crippen LogP) is 3.57. The zero-order chi connectivity index (χ0) is 24.9. The van der Waals surface area contributed by atoms with Gasteiger partial charge in [0.15, 0.2) is 5.82 Å². The maximum atomic E-state index is 13.5. The standard InChI is InChI=1S/C26H21FN10/c1-28-16-12-37(13-16)22-11-29-9-21(32-22)19-8-17-20(10-31-19)35-36-24(17)26-33-18-6-7-30-23(25(18)34-26)14-2-4-15(27)5-3-14/h2-11,16,28H,12-13H2,1H3,(H,33,34)(H,35,36). The first-order valence-electron chi connectivity index (χ1n) is 11.9. The molecule has 10 nitrogen and oxygen atoms in total. The van der Waals surface area contributed by atoms with E-state index >= 15 is 0 Å². The van der Waals surface area contributed by atoms with Crippen molar-refractivity contribution in [3.8, 4) is 34.2 Å². The quantitative estimate of drug-likeness (QED) is 0.334. The molecule has 6 aromatic rings. The summed E-state index contributed by atoms with van der Waals surface area (Å²) < 4.78 is 13.5. The molecule has 1 saturated heterocycles. The van der Waals surface area contributed by atoms with Crippen LogP contribution in [-0.4, -0.2) is 66.3 Å². The Morgan fingerprint density at radius 3 is 2.65 bits per heavy atom. The third-order valence-corrected chi connectivity index (χ3v) is 6.69. The van der Waals surface area contributed by atoms with Crippen molar-refractivity contribution in [2.75, 3.05) is 25.0 Å². The van der Waals surface area contributed by atoms with Gasteiger partial charge in [-0.2, -0.15) is 5.10 Å². The summed E-state index contributed by atoms with van der Waals surface area (Å²) in [5, 5.41) is 11.7. The smallest absolute Gasteiger partial charge is 0.159 e. The molecule has 1 aliphatic rings. The lowest BCUT2D eigenvalue weighted by molar-refractivity contribution is 0.447. The van der Waals surface area contributed by atoms with E-state index in [2.05, 4.69) is 40.3 Å². The molecule has 1 fully saturated rings. The van der Waals surface area contributed by atoms with Gasteiger partial charge >= 0.3 is 0 Å². The van der Waals surface area contributed by atoms with Crippen molar-refractivity contribution >= 4 is 27.8 Å². The van der Waals surface area contributed by atoms with E-state index in [1.807, 2.05) is 19.2 Å². The van der Waals surface area contributed by atoms with Crippen LogP contribution in [0, 0.1) is 5.82 Å². The first-order valence-corrected chi connectivity index (χ1v) is 11.9. The van der Waals surface area contributed by atoms with Crippen molar-refractivity contribution in [1.82, 2.24) is 45.4 Å². The average molecular weight is 493 g/mol. The van der Waals surface area contributed by atoms with Crippen molar-refractivity contribution in [2.45, 2.75) is 6.04 Å². The van der Waals surface area contributed by atoms with Gasteiger partial charge in [-0.3, -0.25) is 20.1 Å². The minimum absolute atomic E-state index is 0.298. The van der Waals surface area contributed by atoms with Crippen molar-refractivity contribution in [2.24, 2.45) is 0 Å². The molecule has 1 aromatic carbocycles. The molecule has 6 heterocycles. The molecule has 0 amide bonds. The van der Waals surface area contributed by atoms with Gasteiger partial charge in [0.1, 0.15) is 28.5 Å². The second-order valence-corrected chi connectivity index (χ2v) is 8.99. The van der Waals surface area contributed by atoms with Gasteiger partial charge < -0.3 is 15.2 Å². The van der Waals surface area contributed by atoms with Crippen LogP contribution in [0.3, 0.4) is 0 Å². The maximum Gasteiger partial charge on any atom is 0.159 e. The number of fused-ring (bicyclic) bond motifs is 2. The highest BCUT2D eigenvalue weighted by Gasteiger charge is 2.26. The third kappa shape index (κ3) is 3.67. The molecule has 0 aliphatic carbocycles. The van der Waals surface area contributed by atoms with Crippen LogP contribution in [0.1, 0.15) is 0 Å². The predicted molar refractivity (Wildman–Crippen MR) is 138 cm³/mol. The van der Waals surface area contributed by atoms with Gasteiger partial charge in [0, 0.05) is 36.3 Å². The number of aromatic nitrogens is 8. The number of hydrogen-bond donors (Lipinski definition) is 3. The zero-order valence-corrected chi connectivity index (χ0v) is 19.8. The van der Waals surface area contributed by atoms with Gasteiger partial charge in [0.05, 0.1) is 41.0 Å². The minimum atomic E-state index is -0.298. The topological polar surface area (TPSA) is 124 Å². The summed E-state index contributed by atoms with van der Waals surface area (Å²) in [7, 11) is 1.97. The molecule has 7 rings (SSSR count). The lowest BCUT2D eigenvalue weighted by atomic mass is 10.1. The van der Waals surface area contributed by atoms with E-state index in [-0.39, 0.29) is 5.82 Å². The third-order valence-electron chi connectivity index (χ3n) is 6.69. The molecule has 11 heteroatoms. The number of rotatable bonds is 5. The second-order valence-electron chi connectivity index (χ2n) is 8.99. The maximum absolute atomic E-state index is 13.5. The monoisotopic (exact) mass is 492 g/mol. The fourth-order valence-electron chi connectivity index (χ4n) is 4.58. The highest BCUT2D eigenvalue weighted by molar-refractivity contribution is 5.96. The lowest BCUT2D eigenvalue weighted by Crippen LogP contribution is -2.57. The Morgan fingerprint density at radius 1 is 0.946 bits per heavy atom. The number of H-pyrrole nitrogens is 2. The lowest BCUT2D eigenvalue weighted by Gasteiger charge is -2.39.